The lowest BCUT2D eigenvalue weighted by Gasteiger charge is -2.02. The second-order valence-electron chi connectivity index (χ2n) is 3.47. The van der Waals surface area contributed by atoms with E-state index in [1.807, 2.05) is 0 Å². The van der Waals surface area contributed by atoms with Crippen molar-refractivity contribution in [3.05, 3.63) is 69.5 Å². The van der Waals surface area contributed by atoms with E-state index < -0.39 is 5.82 Å². The van der Waals surface area contributed by atoms with E-state index in [1.54, 1.807) is 24.3 Å². The summed E-state index contributed by atoms with van der Waals surface area (Å²) in [5, 5.41) is 0.405. The van der Waals surface area contributed by atoms with Crippen molar-refractivity contribution in [2.24, 2.45) is 0 Å². The van der Waals surface area contributed by atoms with Crippen LogP contribution in [0.3, 0.4) is 0 Å². The quantitative estimate of drug-likeness (QED) is 0.740. The van der Waals surface area contributed by atoms with E-state index in [9.17, 15) is 9.18 Å². The second-order valence-corrected chi connectivity index (χ2v) is 4.31. The molecule has 4 heteroatoms. The molecule has 1 nitrogen and oxygen atoms in total. The Labute approximate surface area is 108 Å². The Morgan fingerprint density at radius 1 is 1.00 bits per heavy atom. The van der Waals surface area contributed by atoms with Gasteiger partial charge in [0.1, 0.15) is 5.82 Å². The number of benzene rings is 2. The highest BCUT2D eigenvalue weighted by molar-refractivity contribution is 6.32. The van der Waals surface area contributed by atoms with Crippen molar-refractivity contribution in [2.75, 3.05) is 0 Å². The number of rotatable bonds is 2. The third kappa shape index (κ3) is 2.65. The van der Waals surface area contributed by atoms with Gasteiger partial charge >= 0.3 is 0 Å². The molecule has 0 aliphatic carbocycles. The molecule has 0 atom stereocenters. The third-order valence-corrected chi connectivity index (χ3v) is 2.79. The fraction of sp³-hybridized carbons (Fsp3) is 0. The number of carbonyl (C=O) groups excluding carboxylic acids is 1. The molecule has 2 aromatic carbocycles. The summed E-state index contributed by atoms with van der Waals surface area (Å²) < 4.78 is 13.0. The van der Waals surface area contributed by atoms with E-state index in [4.69, 9.17) is 23.2 Å². The van der Waals surface area contributed by atoms with Gasteiger partial charge in [-0.3, -0.25) is 4.79 Å². The van der Waals surface area contributed by atoms with Crippen LogP contribution in [0.4, 0.5) is 4.39 Å². The molecular formula is C13H7Cl2FO. The lowest BCUT2D eigenvalue weighted by Crippen LogP contribution is -2.01. The van der Waals surface area contributed by atoms with Gasteiger partial charge in [-0.15, -0.1) is 0 Å². The number of hydrogen-bond donors (Lipinski definition) is 0. The van der Waals surface area contributed by atoms with Crippen molar-refractivity contribution < 1.29 is 9.18 Å². The summed E-state index contributed by atoms with van der Waals surface area (Å²) in [4.78, 5) is 12.0. The molecule has 0 bridgehead atoms. The van der Waals surface area contributed by atoms with Crippen LogP contribution in [-0.4, -0.2) is 5.78 Å². The Balaban J connectivity index is 2.40. The van der Waals surface area contributed by atoms with Crippen LogP contribution in [-0.2, 0) is 0 Å². The normalized spacial score (nSPS) is 10.3. The van der Waals surface area contributed by atoms with E-state index in [0.29, 0.717) is 16.1 Å². The lowest BCUT2D eigenvalue weighted by atomic mass is 10.0. The average molecular weight is 269 g/mol. The van der Waals surface area contributed by atoms with Gasteiger partial charge in [0.25, 0.3) is 0 Å². The van der Waals surface area contributed by atoms with E-state index in [-0.39, 0.29) is 10.8 Å². The molecule has 0 heterocycles. The SMILES string of the molecule is O=C(c1cccc(Cl)c1)c1ccc(F)c(Cl)c1. The zero-order valence-corrected chi connectivity index (χ0v) is 10.1. The minimum atomic E-state index is -0.547. The zero-order valence-electron chi connectivity index (χ0n) is 8.58. The van der Waals surface area contributed by atoms with Gasteiger partial charge < -0.3 is 0 Å². The Morgan fingerprint density at radius 3 is 2.35 bits per heavy atom. The molecule has 0 amide bonds. The van der Waals surface area contributed by atoms with E-state index >= 15 is 0 Å². The first-order valence-electron chi connectivity index (χ1n) is 4.83. The molecule has 0 saturated heterocycles. The van der Waals surface area contributed by atoms with E-state index in [2.05, 4.69) is 0 Å². The lowest BCUT2D eigenvalue weighted by molar-refractivity contribution is 0.103. The van der Waals surface area contributed by atoms with Gasteiger partial charge in [0, 0.05) is 16.1 Å². The summed E-state index contributed by atoms with van der Waals surface area (Å²) in [7, 11) is 0. The fourth-order valence-electron chi connectivity index (χ4n) is 1.43. The number of hydrogen-bond acceptors (Lipinski definition) is 1. The molecule has 17 heavy (non-hydrogen) atoms. The highest BCUT2D eigenvalue weighted by Gasteiger charge is 2.11. The smallest absolute Gasteiger partial charge is 0.193 e. The average Bonchev–Trinajstić information content (AvgIpc) is 2.32. The van der Waals surface area contributed by atoms with Crippen molar-refractivity contribution in [1.29, 1.82) is 0 Å². The predicted octanol–water partition coefficient (Wildman–Crippen LogP) is 4.36. The van der Waals surface area contributed by atoms with Crippen LogP contribution in [0.1, 0.15) is 15.9 Å². The van der Waals surface area contributed by atoms with Crippen molar-refractivity contribution in [1.82, 2.24) is 0 Å². The molecule has 0 unspecified atom stereocenters. The molecular weight excluding hydrogens is 262 g/mol. The summed E-state index contributed by atoms with van der Waals surface area (Å²) in [6.07, 6.45) is 0. The predicted molar refractivity (Wildman–Crippen MR) is 66.3 cm³/mol. The fourth-order valence-corrected chi connectivity index (χ4v) is 1.80. The largest absolute Gasteiger partial charge is 0.289 e. The molecule has 0 N–H and O–H groups in total. The Kier molecular flexibility index (Phi) is 3.46. The van der Waals surface area contributed by atoms with Gasteiger partial charge in [0.2, 0.25) is 0 Å². The highest BCUT2D eigenvalue weighted by atomic mass is 35.5. The summed E-state index contributed by atoms with van der Waals surface area (Å²) in [6, 6.07) is 10.4. The maximum Gasteiger partial charge on any atom is 0.193 e. The molecule has 86 valence electrons. The van der Waals surface area contributed by atoms with Crippen LogP contribution in [0.15, 0.2) is 42.5 Å². The van der Waals surface area contributed by atoms with Crippen molar-refractivity contribution in [3.63, 3.8) is 0 Å². The minimum Gasteiger partial charge on any atom is -0.289 e. The number of halogens is 3. The Hall–Kier alpha value is -1.38. The maximum atomic E-state index is 13.0. The molecule has 2 aromatic rings. The van der Waals surface area contributed by atoms with Crippen LogP contribution in [0.2, 0.25) is 10.0 Å². The molecule has 0 aliphatic rings. The van der Waals surface area contributed by atoms with E-state index in [0.717, 1.165) is 0 Å². The summed E-state index contributed by atoms with van der Waals surface area (Å²) in [6.45, 7) is 0. The van der Waals surface area contributed by atoms with Gasteiger partial charge in [-0.1, -0.05) is 35.3 Å². The minimum absolute atomic E-state index is 0.0714. The van der Waals surface area contributed by atoms with Crippen molar-refractivity contribution >= 4 is 29.0 Å². The first-order valence-corrected chi connectivity index (χ1v) is 5.59. The summed E-state index contributed by atoms with van der Waals surface area (Å²) >= 11 is 11.4. The third-order valence-electron chi connectivity index (χ3n) is 2.27. The van der Waals surface area contributed by atoms with Gasteiger partial charge in [-0.25, -0.2) is 4.39 Å². The van der Waals surface area contributed by atoms with Crippen LogP contribution in [0, 0.1) is 5.82 Å². The van der Waals surface area contributed by atoms with Crippen LogP contribution in [0.5, 0.6) is 0 Å². The van der Waals surface area contributed by atoms with E-state index in [1.165, 1.54) is 18.2 Å². The summed E-state index contributed by atoms with van der Waals surface area (Å²) in [5.74, 6) is -0.788. The van der Waals surface area contributed by atoms with Crippen molar-refractivity contribution in [3.8, 4) is 0 Å². The van der Waals surface area contributed by atoms with Crippen LogP contribution >= 0.6 is 23.2 Å². The highest BCUT2D eigenvalue weighted by Crippen LogP contribution is 2.19. The van der Waals surface area contributed by atoms with Gasteiger partial charge in [-0.05, 0) is 30.3 Å². The topological polar surface area (TPSA) is 17.1 Å². The molecule has 0 fully saturated rings. The first-order chi connectivity index (χ1) is 8.08. The Bertz CT molecular complexity index is 581. The standard InChI is InChI=1S/C13H7Cl2FO/c14-10-3-1-2-8(6-10)13(17)9-4-5-12(16)11(15)7-9/h1-7H. The monoisotopic (exact) mass is 268 g/mol. The first kappa shape index (κ1) is 12.1. The molecule has 0 aromatic heterocycles. The van der Waals surface area contributed by atoms with Crippen LogP contribution in [0.25, 0.3) is 0 Å². The van der Waals surface area contributed by atoms with Gasteiger partial charge in [0.15, 0.2) is 5.78 Å². The zero-order chi connectivity index (χ0) is 12.4. The molecule has 0 aliphatic heterocycles. The number of ketones is 1. The molecule has 0 saturated carbocycles. The van der Waals surface area contributed by atoms with Gasteiger partial charge in [0.05, 0.1) is 5.02 Å². The van der Waals surface area contributed by atoms with Crippen molar-refractivity contribution in [2.45, 2.75) is 0 Å². The van der Waals surface area contributed by atoms with Gasteiger partial charge in [-0.2, -0.15) is 0 Å². The number of carbonyl (C=O) groups is 1. The van der Waals surface area contributed by atoms with Crippen LogP contribution < -0.4 is 0 Å². The molecule has 2 rings (SSSR count). The second kappa shape index (κ2) is 4.86. The molecule has 0 radical (unpaired) electrons. The molecule has 0 spiro atoms. The maximum absolute atomic E-state index is 13.0. The Morgan fingerprint density at radius 2 is 1.71 bits per heavy atom. The summed E-state index contributed by atoms with van der Waals surface area (Å²) in [5.41, 5.74) is 0.777.